The van der Waals surface area contributed by atoms with Crippen LogP contribution in [0, 0.1) is 12.8 Å². The number of hydrogen-bond donors (Lipinski definition) is 2. The maximum Gasteiger partial charge on any atom is -0.000835 e. The van der Waals surface area contributed by atoms with Crippen LogP contribution < -0.4 is 10.6 Å². The lowest BCUT2D eigenvalue weighted by Gasteiger charge is -2.22. The van der Waals surface area contributed by atoms with Gasteiger partial charge in [0.15, 0.2) is 0 Å². The first kappa shape index (κ1) is 13.6. The van der Waals surface area contributed by atoms with Crippen LogP contribution in [0.25, 0.3) is 0 Å². The van der Waals surface area contributed by atoms with Crippen LogP contribution in [0.15, 0.2) is 24.3 Å². The van der Waals surface area contributed by atoms with Gasteiger partial charge in [0.1, 0.15) is 0 Å². The summed E-state index contributed by atoms with van der Waals surface area (Å²) in [5.41, 5.74) is 2.78. The molecule has 1 fully saturated rings. The third-order valence-electron chi connectivity index (χ3n) is 3.90. The standard InChI is InChI=1S/C16H26N2/c1-14-2-4-15(5-3-14)6-10-17-11-7-16-8-12-18-13-9-16/h2-5,16-18H,6-13H2,1H3. The molecule has 0 atom stereocenters. The van der Waals surface area contributed by atoms with Gasteiger partial charge in [-0.2, -0.15) is 0 Å². The summed E-state index contributed by atoms with van der Waals surface area (Å²) in [6, 6.07) is 8.88. The highest BCUT2D eigenvalue weighted by Crippen LogP contribution is 2.14. The predicted molar refractivity (Wildman–Crippen MR) is 78.0 cm³/mol. The van der Waals surface area contributed by atoms with E-state index in [9.17, 15) is 0 Å². The molecule has 0 radical (unpaired) electrons. The molecule has 0 saturated carbocycles. The van der Waals surface area contributed by atoms with Gasteiger partial charge in [-0.25, -0.2) is 0 Å². The first-order valence-electron chi connectivity index (χ1n) is 7.31. The average Bonchev–Trinajstić information content (AvgIpc) is 2.42. The molecule has 0 aromatic heterocycles. The van der Waals surface area contributed by atoms with Gasteiger partial charge < -0.3 is 10.6 Å². The number of nitrogens with one attached hydrogen (secondary N) is 2. The van der Waals surface area contributed by atoms with E-state index in [-0.39, 0.29) is 0 Å². The quantitative estimate of drug-likeness (QED) is 0.754. The average molecular weight is 246 g/mol. The van der Waals surface area contributed by atoms with Crippen molar-refractivity contribution in [1.29, 1.82) is 0 Å². The van der Waals surface area contributed by atoms with E-state index in [1.807, 2.05) is 0 Å². The molecule has 0 bridgehead atoms. The van der Waals surface area contributed by atoms with Crippen LogP contribution in [-0.4, -0.2) is 26.2 Å². The van der Waals surface area contributed by atoms with Gasteiger partial charge >= 0.3 is 0 Å². The Bertz CT molecular complexity index is 325. The van der Waals surface area contributed by atoms with Crippen LogP contribution in [0.5, 0.6) is 0 Å². The second-order valence-corrected chi connectivity index (χ2v) is 5.47. The van der Waals surface area contributed by atoms with Crippen molar-refractivity contribution in [2.45, 2.75) is 32.6 Å². The number of benzene rings is 1. The topological polar surface area (TPSA) is 24.1 Å². The van der Waals surface area contributed by atoms with Crippen LogP contribution in [0.1, 0.15) is 30.4 Å². The number of aryl methyl sites for hydroxylation is 1. The van der Waals surface area contributed by atoms with E-state index in [2.05, 4.69) is 41.8 Å². The Morgan fingerprint density at radius 1 is 1.11 bits per heavy atom. The fourth-order valence-corrected chi connectivity index (χ4v) is 2.59. The van der Waals surface area contributed by atoms with Crippen molar-refractivity contribution in [1.82, 2.24) is 10.6 Å². The Kier molecular flexibility index (Phi) is 5.69. The van der Waals surface area contributed by atoms with E-state index >= 15 is 0 Å². The maximum atomic E-state index is 3.58. The number of rotatable bonds is 6. The van der Waals surface area contributed by atoms with E-state index in [1.54, 1.807) is 0 Å². The summed E-state index contributed by atoms with van der Waals surface area (Å²) in [6.45, 7) is 6.85. The van der Waals surface area contributed by atoms with Crippen molar-refractivity contribution in [3.8, 4) is 0 Å². The van der Waals surface area contributed by atoms with Gasteiger partial charge in [0.05, 0.1) is 0 Å². The van der Waals surface area contributed by atoms with E-state index in [4.69, 9.17) is 0 Å². The smallest absolute Gasteiger partial charge is 0.000835 e. The molecule has 2 nitrogen and oxygen atoms in total. The Morgan fingerprint density at radius 2 is 1.83 bits per heavy atom. The summed E-state index contributed by atoms with van der Waals surface area (Å²) in [5, 5.41) is 7.00. The monoisotopic (exact) mass is 246 g/mol. The highest BCUT2D eigenvalue weighted by molar-refractivity contribution is 5.21. The van der Waals surface area contributed by atoms with Crippen LogP contribution in [0.4, 0.5) is 0 Å². The fraction of sp³-hybridized carbons (Fsp3) is 0.625. The maximum absolute atomic E-state index is 3.58. The van der Waals surface area contributed by atoms with Gasteiger partial charge in [-0.1, -0.05) is 29.8 Å². The molecule has 0 spiro atoms. The molecule has 1 heterocycles. The number of hydrogen-bond acceptors (Lipinski definition) is 2. The van der Waals surface area contributed by atoms with Crippen molar-refractivity contribution >= 4 is 0 Å². The van der Waals surface area contributed by atoms with Gasteiger partial charge in [-0.15, -0.1) is 0 Å². The van der Waals surface area contributed by atoms with Crippen molar-refractivity contribution in [2.75, 3.05) is 26.2 Å². The van der Waals surface area contributed by atoms with Gasteiger partial charge in [0.2, 0.25) is 0 Å². The molecular weight excluding hydrogens is 220 g/mol. The van der Waals surface area contributed by atoms with Gasteiger partial charge in [-0.3, -0.25) is 0 Å². The Morgan fingerprint density at radius 3 is 2.56 bits per heavy atom. The van der Waals surface area contributed by atoms with Gasteiger partial charge in [0.25, 0.3) is 0 Å². The molecule has 1 aliphatic rings. The molecule has 100 valence electrons. The molecule has 0 aliphatic carbocycles. The molecular formula is C16H26N2. The minimum absolute atomic E-state index is 0.943. The third-order valence-corrected chi connectivity index (χ3v) is 3.90. The summed E-state index contributed by atoms with van der Waals surface area (Å²) >= 11 is 0. The van der Waals surface area contributed by atoms with Crippen molar-refractivity contribution in [3.05, 3.63) is 35.4 Å². The minimum atomic E-state index is 0.943. The van der Waals surface area contributed by atoms with Crippen molar-refractivity contribution in [3.63, 3.8) is 0 Å². The first-order chi connectivity index (χ1) is 8.84. The van der Waals surface area contributed by atoms with E-state index in [1.165, 1.54) is 50.0 Å². The second-order valence-electron chi connectivity index (χ2n) is 5.47. The molecule has 18 heavy (non-hydrogen) atoms. The zero-order valence-corrected chi connectivity index (χ0v) is 11.5. The molecule has 1 aliphatic heterocycles. The Hall–Kier alpha value is -0.860. The third kappa shape index (κ3) is 4.79. The van der Waals surface area contributed by atoms with Crippen LogP contribution in [0.2, 0.25) is 0 Å². The lowest BCUT2D eigenvalue weighted by Crippen LogP contribution is -2.30. The summed E-state index contributed by atoms with van der Waals surface area (Å²) in [5.74, 6) is 0.943. The predicted octanol–water partition coefficient (Wildman–Crippen LogP) is 2.52. The number of piperidine rings is 1. The Balaban J connectivity index is 1.54. The van der Waals surface area contributed by atoms with E-state index in [0.717, 1.165) is 18.9 Å². The molecule has 0 amide bonds. The van der Waals surface area contributed by atoms with Gasteiger partial charge in [-0.05, 0) is 70.3 Å². The molecule has 2 rings (SSSR count). The summed E-state index contributed by atoms with van der Waals surface area (Å²) in [4.78, 5) is 0. The highest BCUT2D eigenvalue weighted by atomic mass is 14.9. The fourth-order valence-electron chi connectivity index (χ4n) is 2.59. The van der Waals surface area contributed by atoms with Crippen molar-refractivity contribution < 1.29 is 0 Å². The summed E-state index contributed by atoms with van der Waals surface area (Å²) < 4.78 is 0. The van der Waals surface area contributed by atoms with E-state index < -0.39 is 0 Å². The summed E-state index contributed by atoms with van der Waals surface area (Å²) in [7, 11) is 0. The summed E-state index contributed by atoms with van der Waals surface area (Å²) in [6.07, 6.45) is 5.21. The van der Waals surface area contributed by atoms with Crippen LogP contribution in [0.3, 0.4) is 0 Å². The zero-order chi connectivity index (χ0) is 12.6. The van der Waals surface area contributed by atoms with Crippen LogP contribution >= 0.6 is 0 Å². The lowest BCUT2D eigenvalue weighted by molar-refractivity contribution is 0.349. The normalized spacial score (nSPS) is 16.9. The van der Waals surface area contributed by atoms with Crippen molar-refractivity contribution in [2.24, 2.45) is 5.92 Å². The van der Waals surface area contributed by atoms with E-state index in [0.29, 0.717) is 0 Å². The minimum Gasteiger partial charge on any atom is -0.317 e. The zero-order valence-electron chi connectivity index (χ0n) is 11.5. The molecule has 2 N–H and O–H groups in total. The first-order valence-corrected chi connectivity index (χ1v) is 7.31. The SMILES string of the molecule is Cc1ccc(CCNCCC2CCNCC2)cc1. The Labute approximate surface area is 111 Å². The molecule has 1 aromatic carbocycles. The molecule has 0 unspecified atom stereocenters. The second kappa shape index (κ2) is 7.55. The largest absolute Gasteiger partial charge is 0.317 e. The molecule has 2 heteroatoms. The van der Waals surface area contributed by atoms with Crippen LogP contribution in [-0.2, 0) is 6.42 Å². The molecule has 1 aromatic rings. The lowest BCUT2D eigenvalue weighted by atomic mass is 9.95. The highest BCUT2D eigenvalue weighted by Gasteiger charge is 2.11. The molecule has 1 saturated heterocycles. The van der Waals surface area contributed by atoms with Gasteiger partial charge in [0, 0.05) is 0 Å².